The third-order valence-corrected chi connectivity index (χ3v) is 5.79. The number of amides is 1. The number of nitrogens with one attached hydrogen (secondary N) is 2. The van der Waals surface area contributed by atoms with E-state index in [2.05, 4.69) is 33.7 Å². The average molecular weight is 387 g/mol. The summed E-state index contributed by atoms with van der Waals surface area (Å²) < 4.78 is 0. The molecule has 6 nitrogen and oxygen atoms in total. The maximum Gasteiger partial charge on any atom is 0.246 e. The van der Waals surface area contributed by atoms with Gasteiger partial charge in [-0.1, -0.05) is 48.0 Å². The highest BCUT2D eigenvalue weighted by Crippen LogP contribution is 2.36. The minimum Gasteiger partial charge on any atom is -0.326 e. The van der Waals surface area contributed by atoms with E-state index in [1.54, 1.807) is 0 Å². The molecule has 1 atom stereocenters. The van der Waals surface area contributed by atoms with Gasteiger partial charge in [-0.05, 0) is 37.5 Å². The van der Waals surface area contributed by atoms with Crippen molar-refractivity contribution in [2.24, 2.45) is 10.9 Å². The Bertz CT molecular complexity index is 937. The predicted octanol–water partition coefficient (Wildman–Crippen LogP) is 3.07. The number of carbonyl (C=O) groups excluding carboxylic acids is 1. The van der Waals surface area contributed by atoms with E-state index in [1.165, 1.54) is 5.56 Å². The molecule has 2 heterocycles. The Balaban J connectivity index is 1.51. The molecule has 1 amide bonds. The fraction of sp³-hybridized carbons (Fsp3) is 0.348. The lowest BCUT2D eigenvalue weighted by atomic mass is 9.76. The van der Waals surface area contributed by atoms with Gasteiger partial charge in [0, 0.05) is 25.3 Å². The zero-order valence-electron chi connectivity index (χ0n) is 16.6. The molecule has 6 heteroatoms. The van der Waals surface area contributed by atoms with Crippen LogP contribution in [0.1, 0.15) is 24.0 Å². The summed E-state index contributed by atoms with van der Waals surface area (Å²) in [4.78, 5) is 19.9. The van der Waals surface area contributed by atoms with Crippen LogP contribution in [0, 0.1) is 24.2 Å². The van der Waals surface area contributed by atoms with E-state index >= 15 is 0 Å². The Morgan fingerprint density at radius 2 is 1.86 bits per heavy atom. The number of likely N-dealkylation sites (tertiary alicyclic amines) is 1. The van der Waals surface area contributed by atoms with E-state index in [0.29, 0.717) is 18.8 Å². The number of rotatable bonds is 3. The van der Waals surface area contributed by atoms with E-state index < -0.39 is 11.5 Å². The summed E-state index contributed by atoms with van der Waals surface area (Å²) in [5.41, 5.74) is 2.63. The molecule has 1 saturated heterocycles. The first kappa shape index (κ1) is 19.2. The van der Waals surface area contributed by atoms with Crippen molar-refractivity contribution in [2.75, 3.05) is 18.4 Å². The van der Waals surface area contributed by atoms with Gasteiger partial charge < -0.3 is 5.32 Å². The number of nitriles is 1. The van der Waals surface area contributed by atoms with E-state index in [1.807, 2.05) is 49.4 Å². The number of anilines is 1. The molecule has 0 aliphatic carbocycles. The van der Waals surface area contributed by atoms with Gasteiger partial charge in [-0.25, -0.2) is 4.99 Å². The second-order valence-corrected chi connectivity index (χ2v) is 7.87. The number of guanidine groups is 1. The van der Waals surface area contributed by atoms with Crippen LogP contribution in [0.2, 0.25) is 0 Å². The zero-order chi connectivity index (χ0) is 20.3. The second kappa shape index (κ2) is 8.06. The Hall–Kier alpha value is -3.17. The van der Waals surface area contributed by atoms with Crippen molar-refractivity contribution in [3.63, 3.8) is 0 Å². The first-order valence-corrected chi connectivity index (χ1v) is 9.98. The van der Waals surface area contributed by atoms with Crippen LogP contribution >= 0.6 is 0 Å². The van der Waals surface area contributed by atoms with Crippen molar-refractivity contribution in [1.82, 2.24) is 10.2 Å². The van der Waals surface area contributed by atoms with Gasteiger partial charge in [-0.3, -0.25) is 15.0 Å². The van der Waals surface area contributed by atoms with Gasteiger partial charge in [0.25, 0.3) is 0 Å². The molecule has 0 bridgehead atoms. The maximum atomic E-state index is 12.7. The highest BCUT2D eigenvalue weighted by atomic mass is 16.2. The number of nitrogens with zero attached hydrogens (tertiary/aromatic N) is 3. The fourth-order valence-corrected chi connectivity index (χ4v) is 4.10. The van der Waals surface area contributed by atoms with Crippen molar-refractivity contribution in [2.45, 2.75) is 31.8 Å². The first-order valence-electron chi connectivity index (χ1n) is 9.98. The molecule has 0 unspecified atom stereocenters. The molecular weight excluding hydrogens is 362 g/mol. The van der Waals surface area contributed by atoms with Crippen LogP contribution < -0.4 is 10.6 Å². The van der Waals surface area contributed by atoms with Crippen molar-refractivity contribution in [1.29, 1.82) is 5.26 Å². The van der Waals surface area contributed by atoms with Crippen LogP contribution in [0.3, 0.4) is 0 Å². The van der Waals surface area contributed by atoms with Gasteiger partial charge in [0.2, 0.25) is 11.9 Å². The minimum absolute atomic E-state index is 0.270. The number of aliphatic imine (C=N–C) groups is 1. The van der Waals surface area contributed by atoms with Gasteiger partial charge >= 0.3 is 0 Å². The summed E-state index contributed by atoms with van der Waals surface area (Å²) in [5, 5.41) is 15.6. The second-order valence-electron chi connectivity index (χ2n) is 7.87. The lowest BCUT2D eigenvalue weighted by Gasteiger charge is -2.43. The van der Waals surface area contributed by atoms with Crippen LogP contribution in [0.5, 0.6) is 0 Å². The fourth-order valence-electron chi connectivity index (χ4n) is 4.10. The number of benzene rings is 2. The number of piperidine rings is 1. The minimum atomic E-state index is -0.759. The van der Waals surface area contributed by atoms with Crippen LogP contribution in [-0.4, -0.2) is 35.4 Å². The number of carbonyl (C=O) groups is 1. The molecule has 1 fully saturated rings. The van der Waals surface area contributed by atoms with Gasteiger partial charge in [0.15, 0.2) is 5.92 Å². The smallest absolute Gasteiger partial charge is 0.246 e. The summed E-state index contributed by atoms with van der Waals surface area (Å²) in [6.45, 7) is 4.52. The summed E-state index contributed by atoms with van der Waals surface area (Å²) in [6, 6.07) is 20.5. The summed E-state index contributed by atoms with van der Waals surface area (Å²) in [7, 11) is 0. The molecule has 2 aromatic carbocycles. The molecular formula is C23H25N5O. The summed E-state index contributed by atoms with van der Waals surface area (Å²) in [5.74, 6) is -0.597. The van der Waals surface area contributed by atoms with Gasteiger partial charge in [0.05, 0.1) is 11.6 Å². The van der Waals surface area contributed by atoms with Gasteiger partial charge in [-0.15, -0.1) is 0 Å². The van der Waals surface area contributed by atoms with Gasteiger partial charge in [-0.2, -0.15) is 5.26 Å². The quantitative estimate of drug-likeness (QED) is 0.848. The van der Waals surface area contributed by atoms with E-state index in [4.69, 9.17) is 4.99 Å². The molecule has 4 rings (SSSR count). The maximum absolute atomic E-state index is 12.7. The molecule has 2 N–H and O–H groups in total. The Labute approximate surface area is 171 Å². The molecule has 0 aromatic heterocycles. The van der Waals surface area contributed by atoms with E-state index in [9.17, 15) is 10.1 Å². The number of aryl methyl sites for hydroxylation is 1. The van der Waals surface area contributed by atoms with Crippen LogP contribution in [-0.2, 0) is 11.3 Å². The molecule has 29 heavy (non-hydrogen) atoms. The third-order valence-electron chi connectivity index (χ3n) is 5.79. The van der Waals surface area contributed by atoms with Crippen LogP contribution in [0.15, 0.2) is 59.6 Å². The average Bonchev–Trinajstić information content (AvgIpc) is 2.72. The Kier molecular flexibility index (Phi) is 5.32. The molecule has 0 radical (unpaired) electrons. The predicted molar refractivity (Wildman–Crippen MR) is 113 cm³/mol. The van der Waals surface area contributed by atoms with Crippen LogP contribution in [0.25, 0.3) is 0 Å². The normalized spacial score (nSPS) is 21.2. The Morgan fingerprint density at radius 1 is 1.17 bits per heavy atom. The van der Waals surface area contributed by atoms with Gasteiger partial charge in [0.1, 0.15) is 0 Å². The highest BCUT2D eigenvalue weighted by molar-refractivity contribution is 6.07. The summed E-state index contributed by atoms with van der Waals surface area (Å²) >= 11 is 0. The molecule has 2 aliphatic heterocycles. The standard InChI is InChI=1S/C23H25N5O/c1-17-7-9-19(10-8-17)25-22-26-21(29)20(15-24)23(27-22)11-13-28(14-12-23)16-18-5-3-2-4-6-18/h2-10,20H,11-14,16H2,1H3,(H2,25,26,27,29)/t20-/m0/s1. The highest BCUT2D eigenvalue weighted by Gasteiger charge is 2.48. The molecule has 0 saturated carbocycles. The molecule has 2 aliphatic rings. The lowest BCUT2D eigenvalue weighted by Crippen LogP contribution is -2.58. The van der Waals surface area contributed by atoms with E-state index in [-0.39, 0.29) is 5.91 Å². The third kappa shape index (κ3) is 4.15. The first-order chi connectivity index (χ1) is 14.1. The Morgan fingerprint density at radius 3 is 2.52 bits per heavy atom. The topological polar surface area (TPSA) is 80.5 Å². The van der Waals surface area contributed by atoms with Crippen molar-refractivity contribution < 1.29 is 4.79 Å². The molecule has 148 valence electrons. The molecule has 1 spiro atoms. The van der Waals surface area contributed by atoms with Crippen molar-refractivity contribution >= 4 is 17.6 Å². The largest absolute Gasteiger partial charge is 0.326 e. The summed E-state index contributed by atoms with van der Waals surface area (Å²) in [6.07, 6.45) is 1.37. The zero-order valence-corrected chi connectivity index (χ0v) is 16.6. The lowest BCUT2D eigenvalue weighted by molar-refractivity contribution is -0.125. The van der Waals surface area contributed by atoms with Crippen molar-refractivity contribution in [3.8, 4) is 6.07 Å². The van der Waals surface area contributed by atoms with Crippen LogP contribution in [0.4, 0.5) is 5.69 Å². The van der Waals surface area contributed by atoms with E-state index in [0.717, 1.165) is 30.9 Å². The number of hydrogen-bond acceptors (Lipinski definition) is 5. The SMILES string of the molecule is Cc1ccc(NC2=NC3(CCN(Cc4ccccc4)CC3)[C@@H](C#N)C(=O)N2)cc1. The molecule has 2 aromatic rings. The number of hydrogen-bond donors (Lipinski definition) is 2. The monoisotopic (exact) mass is 387 g/mol. The van der Waals surface area contributed by atoms with Crippen molar-refractivity contribution in [3.05, 3.63) is 65.7 Å².